The molecule has 18 heavy (non-hydrogen) atoms. The standard InChI is InChI=1S/C15H19FO2/c1-4-13-12(5-6-18-13)15(17)11-7-9(2)14(16)10(3)8-11/h7-8,12-13H,4-6H2,1-3H3. The molecule has 1 fully saturated rings. The van der Waals surface area contributed by atoms with Gasteiger partial charge in [0.15, 0.2) is 5.78 Å². The molecule has 2 rings (SSSR count). The number of carbonyl (C=O) groups is 1. The second-order valence-electron chi connectivity index (χ2n) is 5.00. The third-order valence-electron chi connectivity index (χ3n) is 3.67. The van der Waals surface area contributed by atoms with Crippen molar-refractivity contribution in [3.05, 3.63) is 34.6 Å². The number of rotatable bonds is 3. The van der Waals surface area contributed by atoms with Crippen LogP contribution in [0.15, 0.2) is 12.1 Å². The average molecular weight is 250 g/mol. The fourth-order valence-electron chi connectivity index (χ4n) is 2.65. The van der Waals surface area contributed by atoms with E-state index in [9.17, 15) is 9.18 Å². The lowest BCUT2D eigenvalue weighted by Gasteiger charge is -2.16. The van der Waals surface area contributed by atoms with Crippen molar-refractivity contribution < 1.29 is 13.9 Å². The van der Waals surface area contributed by atoms with Crippen LogP contribution in [0.1, 0.15) is 41.3 Å². The number of halogens is 1. The Kier molecular flexibility index (Phi) is 3.81. The number of benzene rings is 1. The van der Waals surface area contributed by atoms with Crippen LogP contribution in [0.4, 0.5) is 4.39 Å². The summed E-state index contributed by atoms with van der Waals surface area (Å²) in [5.74, 6) is -0.203. The second-order valence-corrected chi connectivity index (χ2v) is 5.00. The smallest absolute Gasteiger partial charge is 0.168 e. The van der Waals surface area contributed by atoms with E-state index < -0.39 is 0 Å². The van der Waals surface area contributed by atoms with Crippen LogP contribution in [0.2, 0.25) is 0 Å². The molecular formula is C15H19FO2. The van der Waals surface area contributed by atoms with E-state index in [0.29, 0.717) is 23.3 Å². The first-order chi connectivity index (χ1) is 8.54. The third kappa shape index (κ3) is 2.32. The van der Waals surface area contributed by atoms with Gasteiger partial charge in [0.25, 0.3) is 0 Å². The Hall–Kier alpha value is -1.22. The zero-order valence-electron chi connectivity index (χ0n) is 11.1. The molecule has 1 aromatic rings. The zero-order valence-corrected chi connectivity index (χ0v) is 11.1. The fraction of sp³-hybridized carbons (Fsp3) is 0.533. The fourth-order valence-corrected chi connectivity index (χ4v) is 2.65. The molecule has 0 amide bonds. The molecule has 1 aliphatic heterocycles. The molecule has 0 aromatic heterocycles. The Morgan fingerprint density at radius 2 is 2.00 bits per heavy atom. The summed E-state index contributed by atoms with van der Waals surface area (Å²) >= 11 is 0. The van der Waals surface area contributed by atoms with Crippen molar-refractivity contribution in [3.63, 3.8) is 0 Å². The van der Waals surface area contributed by atoms with Crippen LogP contribution in [-0.2, 0) is 4.74 Å². The van der Waals surface area contributed by atoms with Crippen molar-refractivity contribution in [1.82, 2.24) is 0 Å². The number of ether oxygens (including phenoxy) is 1. The molecular weight excluding hydrogens is 231 g/mol. The topological polar surface area (TPSA) is 26.3 Å². The SMILES string of the molecule is CCC1OCCC1C(=O)c1cc(C)c(F)c(C)c1. The highest BCUT2D eigenvalue weighted by Gasteiger charge is 2.33. The van der Waals surface area contributed by atoms with Gasteiger partial charge in [-0.15, -0.1) is 0 Å². The van der Waals surface area contributed by atoms with Crippen molar-refractivity contribution in [1.29, 1.82) is 0 Å². The number of carbonyl (C=O) groups excluding carboxylic acids is 1. The summed E-state index contributed by atoms with van der Waals surface area (Å²) < 4.78 is 19.1. The van der Waals surface area contributed by atoms with E-state index in [0.717, 1.165) is 12.8 Å². The van der Waals surface area contributed by atoms with Crippen molar-refractivity contribution in [2.45, 2.75) is 39.7 Å². The highest BCUT2D eigenvalue weighted by atomic mass is 19.1. The molecule has 0 spiro atoms. The van der Waals surface area contributed by atoms with Gasteiger partial charge in [-0.1, -0.05) is 6.92 Å². The quantitative estimate of drug-likeness (QED) is 0.768. The van der Waals surface area contributed by atoms with E-state index in [2.05, 4.69) is 0 Å². The number of hydrogen-bond donors (Lipinski definition) is 0. The predicted molar refractivity (Wildman–Crippen MR) is 68.3 cm³/mol. The van der Waals surface area contributed by atoms with E-state index >= 15 is 0 Å². The van der Waals surface area contributed by atoms with Gasteiger partial charge in [-0.05, 0) is 49.9 Å². The molecule has 2 atom stereocenters. The summed E-state index contributed by atoms with van der Waals surface area (Å²) in [5, 5.41) is 0. The maximum Gasteiger partial charge on any atom is 0.168 e. The Morgan fingerprint density at radius 1 is 1.39 bits per heavy atom. The average Bonchev–Trinajstić information content (AvgIpc) is 2.82. The Bertz CT molecular complexity index is 445. The lowest BCUT2D eigenvalue weighted by atomic mass is 9.89. The maximum absolute atomic E-state index is 13.6. The first kappa shape index (κ1) is 13.2. The molecule has 0 radical (unpaired) electrons. The molecule has 2 unspecified atom stereocenters. The first-order valence-corrected chi connectivity index (χ1v) is 6.47. The van der Waals surface area contributed by atoms with Crippen LogP contribution in [0.5, 0.6) is 0 Å². The van der Waals surface area contributed by atoms with Crippen molar-refractivity contribution in [2.24, 2.45) is 5.92 Å². The van der Waals surface area contributed by atoms with E-state index in [1.54, 1.807) is 26.0 Å². The highest BCUT2D eigenvalue weighted by Crippen LogP contribution is 2.28. The second kappa shape index (κ2) is 5.19. The molecule has 0 N–H and O–H groups in total. The largest absolute Gasteiger partial charge is 0.377 e. The molecule has 0 bridgehead atoms. The lowest BCUT2D eigenvalue weighted by Crippen LogP contribution is -2.24. The molecule has 0 aliphatic carbocycles. The number of ketones is 1. The third-order valence-corrected chi connectivity index (χ3v) is 3.67. The lowest BCUT2D eigenvalue weighted by molar-refractivity contribution is 0.0689. The summed E-state index contributed by atoms with van der Waals surface area (Å²) in [4.78, 5) is 12.4. The molecule has 0 saturated carbocycles. The Morgan fingerprint density at radius 3 is 2.56 bits per heavy atom. The van der Waals surface area contributed by atoms with Gasteiger partial charge in [-0.3, -0.25) is 4.79 Å². The van der Waals surface area contributed by atoms with Gasteiger partial charge in [0.1, 0.15) is 5.82 Å². The van der Waals surface area contributed by atoms with E-state index in [1.165, 1.54) is 0 Å². The predicted octanol–water partition coefficient (Wildman–Crippen LogP) is 3.44. The molecule has 3 heteroatoms. The molecule has 1 aromatic carbocycles. The number of Topliss-reactive ketones (excluding diaryl/α,β-unsaturated/α-hetero) is 1. The minimum Gasteiger partial charge on any atom is -0.377 e. The van der Waals surface area contributed by atoms with Gasteiger partial charge in [0, 0.05) is 12.2 Å². The van der Waals surface area contributed by atoms with Gasteiger partial charge >= 0.3 is 0 Å². The molecule has 1 saturated heterocycles. The van der Waals surface area contributed by atoms with Crippen molar-refractivity contribution in [3.8, 4) is 0 Å². The van der Waals surface area contributed by atoms with Crippen molar-refractivity contribution in [2.75, 3.05) is 6.61 Å². The van der Waals surface area contributed by atoms with Crippen LogP contribution in [0.3, 0.4) is 0 Å². The molecule has 98 valence electrons. The van der Waals surface area contributed by atoms with Crippen LogP contribution < -0.4 is 0 Å². The summed E-state index contributed by atoms with van der Waals surface area (Å²) in [6.45, 7) is 6.06. The maximum atomic E-state index is 13.6. The number of hydrogen-bond acceptors (Lipinski definition) is 2. The van der Waals surface area contributed by atoms with Gasteiger partial charge in [0.05, 0.1) is 12.0 Å². The first-order valence-electron chi connectivity index (χ1n) is 6.47. The summed E-state index contributed by atoms with van der Waals surface area (Å²) in [5.41, 5.74) is 1.68. The van der Waals surface area contributed by atoms with Gasteiger partial charge in [-0.25, -0.2) is 4.39 Å². The van der Waals surface area contributed by atoms with Crippen molar-refractivity contribution >= 4 is 5.78 Å². The molecule has 1 aliphatic rings. The summed E-state index contributed by atoms with van der Waals surface area (Å²) in [7, 11) is 0. The minimum atomic E-state index is -0.221. The monoisotopic (exact) mass is 250 g/mol. The minimum absolute atomic E-state index is 0.0168. The molecule has 1 heterocycles. The van der Waals surface area contributed by atoms with Gasteiger partial charge < -0.3 is 4.74 Å². The molecule has 2 nitrogen and oxygen atoms in total. The summed E-state index contributed by atoms with van der Waals surface area (Å²) in [6.07, 6.45) is 1.63. The van der Waals surface area contributed by atoms with E-state index in [4.69, 9.17) is 4.74 Å². The number of aryl methyl sites for hydroxylation is 2. The van der Waals surface area contributed by atoms with Crippen LogP contribution in [0, 0.1) is 25.6 Å². The van der Waals surface area contributed by atoms with Gasteiger partial charge in [-0.2, -0.15) is 0 Å². The summed E-state index contributed by atoms with van der Waals surface area (Å²) in [6, 6.07) is 3.30. The normalized spacial score (nSPS) is 23.3. The van der Waals surface area contributed by atoms with Gasteiger partial charge in [0.2, 0.25) is 0 Å². The van der Waals surface area contributed by atoms with Crippen LogP contribution in [-0.4, -0.2) is 18.5 Å². The van der Waals surface area contributed by atoms with Crippen LogP contribution in [0.25, 0.3) is 0 Å². The highest BCUT2D eigenvalue weighted by molar-refractivity contribution is 5.98. The zero-order chi connectivity index (χ0) is 13.3. The van der Waals surface area contributed by atoms with E-state index in [1.807, 2.05) is 6.92 Å². The Labute approximate surface area is 107 Å². The van der Waals surface area contributed by atoms with Crippen LogP contribution >= 0.6 is 0 Å². The van der Waals surface area contributed by atoms with E-state index in [-0.39, 0.29) is 23.6 Å². The Balaban J connectivity index is 2.29.